The van der Waals surface area contributed by atoms with Crippen molar-refractivity contribution in [2.45, 2.75) is 20.0 Å². The number of esters is 1. The lowest BCUT2D eigenvalue weighted by molar-refractivity contribution is -0.756. The summed E-state index contributed by atoms with van der Waals surface area (Å²) in [5.74, 6) is 1.85. The molecule has 1 heterocycles. The lowest BCUT2D eigenvalue weighted by atomic mass is 10.1. The highest BCUT2D eigenvalue weighted by atomic mass is 32.2. The molecule has 0 aliphatic heterocycles. The van der Waals surface area contributed by atoms with Crippen LogP contribution in [0, 0.1) is 10.1 Å². The highest BCUT2D eigenvalue weighted by Crippen LogP contribution is 2.33. The summed E-state index contributed by atoms with van der Waals surface area (Å²) in [5, 5.41) is 14.7. The Hall–Kier alpha value is -4.16. The van der Waals surface area contributed by atoms with E-state index in [1.807, 2.05) is 80.6 Å². The summed E-state index contributed by atoms with van der Waals surface area (Å²) in [6.45, 7) is 5.24. The van der Waals surface area contributed by atoms with Crippen LogP contribution in [0.4, 0.5) is 0 Å². The summed E-state index contributed by atoms with van der Waals surface area (Å²) in [6.07, 6.45) is -0.588. The van der Waals surface area contributed by atoms with E-state index in [-0.39, 0.29) is 19.0 Å². The molecule has 11 nitrogen and oxygen atoms in total. The summed E-state index contributed by atoms with van der Waals surface area (Å²) in [4.78, 5) is 30.4. The van der Waals surface area contributed by atoms with E-state index in [2.05, 4.69) is 15.1 Å². The van der Waals surface area contributed by atoms with Crippen LogP contribution >= 0.6 is 11.8 Å². The fraction of sp³-hybridized carbons (Fsp3) is 0.367. The van der Waals surface area contributed by atoms with E-state index in [1.54, 1.807) is 7.11 Å². The van der Waals surface area contributed by atoms with Gasteiger partial charge in [0.2, 0.25) is 0 Å². The summed E-state index contributed by atoms with van der Waals surface area (Å²) >= 11 is 1.20. The van der Waals surface area contributed by atoms with E-state index in [0.717, 1.165) is 21.8 Å². The van der Waals surface area contributed by atoms with Crippen molar-refractivity contribution in [3.05, 3.63) is 76.8 Å². The Morgan fingerprint density at radius 3 is 2.45 bits per heavy atom. The Labute approximate surface area is 248 Å². The van der Waals surface area contributed by atoms with Gasteiger partial charge >= 0.3 is 5.97 Å². The Balaban J connectivity index is 0.00000237. The number of hydrogen-bond donors (Lipinski definition) is 2. The van der Waals surface area contributed by atoms with Crippen molar-refractivity contribution in [3.8, 4) is 17.2 Å². The van der Waals surface area contributed by atoms with Gasteiger partial charge in [0.05, 0.1) is 18.4 Å². The molecule has 12 heteroatoms. The molecule has 0 saturated carbocycles. The second-order valence-electron chi connectivity index (χ2n) is 8.59. The third kappa shape index (κ3) is 9.74. The van der Waals surface area contributed by atoms with Gasteiger partial charge in [-0.15, -0.1) is 21.9 Å². The van der Waals surface area contributed by atoms with Crippen molar-refractivity contribution in [2.75, 3.05) is 51.5 Å². The third-order valence-corrected chi connectivity index (χ3v) is 6.73. The predicted molar refractivity (Wildman–Crippen MR) is 164 cm³/mol. The van der Waals surface area contributed by atoms with Crippen LogP contribution in [-0.2, 0) is 14.4 Å². The maximum Gasteiger partial charge on any atom is 0.316 e. The summed E-state index contributed by atoms with van der Waals surface area (Å²) < 4.78 is 23.0. The second kappa shape index (κ2) is 17.6. The van der Waals surface area contributed by atoms with E-state index in [9.17, 15) is 14.9 Å². The van der Waals surface area contributed by atoms with Crippen LogP contribution < -0.4 is 19.5 Å². The van der Waals surface area contributed by atoms with Gasteiger partial charge in [-0.25, -0.2) is 0 Å². The van der Waals surface area contributed by atoms with E-state index >= 15 is 0 Å². The summed E-state index contributed by atoms with van der Waals surface area (Å²) in [5.41, 5.74) is 1.96. The SMILES string of the molecule is CC.COc1ccccc1OCCNCC(COc1cccc2[nH]c3ccccc3c12)OC(=O)CSCCO[N+](=O)[O-]. The Morgan fingerprint density at radius 2 is 1.67 bits per heavy atom. The smallest absolute Gasteiger partial charge is 0.316 e. The average Bonchev–Trinajstić information content (AvgIpc) is 3.40. The zero-order valence-corrected chi connectivity index (χ0v) is 24.8. The number of benzene rings is 3. The zero-order chi connectivity index (χ0) is 30.2. The van der Waals surface area contributed by atoms with Crippen molar-refractivity contribution in [2.24, 2.45) is 0 Å². The van der Waals surface area contributed by atoms with Crippen molar-refractivity contribution in [1.82, 2.24) is 10.3 Å². The van der Waals surface area contributed by atoms with Crippen molar-refractivity contribution in [1.29, 1.82) is 0 Å². The largest absolute Gasteiger partial charge is 0.493 e. The van der Waals surface area contributed by atoms with Crippen LogP contribution in [0.15, 0.2) is 66.7 Å². The molecule has 1 atom stereocenters. The predicted octanol–water partition coefficient (Wildman–Crippen LogP) is 5.26. The number of hydrogen-bond acceptors (Lipinski definition) is 10. The third-order valence-electron chi connectivity index (χ3n) is 5.84. The van der Waals surface area contributed by atoms with E-state index in [4.69, 9.17) is 18.9 Å². The van der Waals surface area contributed by atoms with Crippen LogP contribution in [0.3, 0.4) is 0 Å². The molecule has 4 rings (SSSR count). The zero-order valence-electron chi connectivity index (χ0n) is 24.0. The summed E-state index contributed by atoms with van der Waals surface area (Å²) in [7, 11) is 1.59. The van der Waals surface area contributed by atoms with Crippen LogP contribution in [-0.4, -0.2) is 73.7 Å². The molecule has 0 aliphatic carbocycles. The molecule has 0 saturated heterocycles. The van der Waals surface area contributed by atoms with E-state index < -0.39 is 17.2 Å². The van der Waals surface area contributed by atoms with Crippen molar-refractivity contribution >= 4 is 39.5 Å². The van der Waals surface area contributed by atoms with Crippen molar-refractivity contribution in [3.63, 3.8) is 0 Å². The summed E-state index contributed by atoms with van der Waals surface area (Å²) in [6, 6.07) is 21.2. The number of nitrogens with zero attached hydrogens (tertiary/aromatic N) is 1. The lowest BCUT2D eigenvalue weighted by Gasteiger charge is -2.20. The number of carbonyl (C=O) groups is 1. The van der Waals surface area contributed by atoms with E-state index in [1.165, 1.54) is 11.8 Å². The molecule has 3 aromatic carbocycles. The molecule has 1 aromatic heterocycles. The minimum absolute atomic E-state index is 0.0342. The molecule has 4 aromatic rings. The molecule has 0 spiro atoms. The molecule has 0 radical (unpaired) electrons. The van der Waals surface area contributed by atoms with Gasteiger partial charge in [0.25, 0.3) is 5.09 Å². The Kier molecular flexibility index (Phi) is 13.6. The molecule has 0 bridgehead atoms. The number of methoxy groups -OCH3 is 1. The Bertz CT molecular complexity index is 1410. The number of H-pyrrole nitrogens is 1. The first kappa shape index (κ1) is 32.4. The van der Waals surface area contributed by atoms with Gasteiger partial charge in [-0.2, -0.15) is 0 Å². The van der Waals surface area contributed by atoms with Gasteiger partial charge in [0.1, 0.15) is 31.7 Å². The molecular weight excluding hydrogens is 562 g/mol. The monoisotopic (exact) mass is 599 g/mol. The topological polar surface area (TPSA) is 134 Å². The van der Waals surface area contributed by atoms with Gasteiger partial charge in [0, 0.05) is 35.1 Å². The normalized spacial score (nSPS) is 11.3. The molecule has 2 N–H and O–H groups in total. The average molecular weight is 600 g/mol. The molecule has 1 unspecified atom stereocenters. The Morgan fingerprint density at radius 1 is 0.952 bits per heavy atom. The molecule has 226 valence electrons. The number of ether oxygens (including phenoxy) is 4. The molecular formula is C30H37N3O8S. The quantitative estimate of drug-likeness (QED) is 0.0717. The minimum Gasteiger partial charge on any atom is -0.493 e. The van der Waals surface area contributed by atoms with Crippen LogP contribution in [0.25, 0.3) is 21.8 Å². The number of aromatic amines is 1. The number of carbonyl (C=O) groups excluding carboxylic acids is 1. The second-order valence-corrected chi connectivity index (χ2v) is 9.69. The first-order chi connectivity index (χ1) is 20.5. The number of rotatable bonds is 17. The maximum absolute atomic E-state index is 12.5. The van der Waals surface area contributed by atoms with Crippen LogP contribution in [0.1, 0.15) is 13.8 Å². The van der Waals surface area contributed by atoms with Gasteiger partial charge < -0.3 is 34.1 Å². The van der Waals surface area contributed by atoms with Gasteiger partial charge in [-0.3, -0.25) is 4.79 Å². The molecule has 0 fully saturated rings. The number of para-hydroxylation sites is 3. The minimum atomic E-state index is -0.857. The fourth-order valence-electron chi connectivity index (χ4n) is 4.09. The molecule has 0 amide bonds. The number of aromatic nitrogens is 1. The van der Waals surface area contributed by atoms with Gasteiger partial charge in [-0.1, -0.05) is 50.2 Å². The van der Waals surface area contributed by atoms with Gasteiger partial charge in [-0.05, 0) is 30.3 Å². The highest BCUT2D eigenvalue weighted by Gasteiger charge is 2.17. The molecule has 0 aliphatic rings. The first-order valence-corrected chi connectivity index (χ1v) is 14.8. The maximum atomic E-state index is 12.5. The number of fused-ring (bicyclic) bond motifs is 3. The standard InChI is InChI=1S/C28H31N3O8S.C2H6/c1-35-24-10-4-5-11-25(24)36-14-13-29-17-20(39-27(32)19-40-16-15-38-31(33)34)18-37-26-12-6-9-23-28(26)21-7-2-3-8-22(21)30-23;1-2/h2-12,20,29-30H,13-19H2,1H3;1-2H3. The van der Waals surface area contributed by atoms with Crippen LogP contribution in [0.5, 0.6) is 17.2 Å². The lowest BCUT2D eigenvalue weighted by Crippen LogP contribution is -2.37. The van der Waals surface area contributed by atoms with Crippen molar-refractivity contribution < 1.29 is 33.7 Å². The van der Waals surface area contributed by atoms with Gasteiger partial charge in [0.15, 0.2) is 11.5 Å². The number of nitrogens with one attached hydrogen (secondary N) is 2. The highest BCUT2D eigenvalue weighted by molar-refractivity contribution is 7.99. The fourth-order valence-corrected chi connectivity index (χ4v) is 4.66. The first-order valence-electron chi connectivity index (χ1n) is 13.7. The van der Waals surface area contributed by atoms with Crippen LogP contribution in [0.2, 0.25) is 0 Å². The molecule has 42 heavy (non-hydrogen) atoms. The van der Waals surface area contributed by atoms with E-state index in [0.29, 0.717) is 42.7 Å². The number of thioether (sulfide) groups is 1.